The molecular formula is C27H26N4O. The Hall–Kier alpha value is -3.57. The number of fused-ring (bicyclic) bond motifs is 1. The van der Waals surface area contributed by atoms with Crippen LogP contribution in [0.5, 0.6) is 0 Å². The second-order valence-corrected chi connectivity index (χ2v) is 8.36. The summed E-state index contributed by atoms with van der Waals surface area (Å²) in [6.07, 6.45) is 0. The van der Waals surface area contributed by atoms with Crippen molar-refractivity contribution >= 4 is 16.8 Å². The lowest BCUT2D eigenvalue weighted by Gasteiger charge is -2.35. The molecule has 1 aliphatic heterocycles. The van der Waals surface area contributed by atoms with Crippen molar-refractivity contribution in [2.45, 2.75) is 13.5 Å². The highest BCUT2D eigenvalue weighted by Crippen LogP contribution is 2.29. The maximum Gasteiger partial charge on any atom is 0.256 e. The van der Waals surface area contributed by atoms with E-state index in [1.807, 2.05) is 59.5 Å². The Labute approximate surface area is 188 Å². The number of carbonyl (C=O) groups is 1. The summed E-state index contributed by atoms with van der Waals surface area (Å²) in [5, 5.41) is 9.74. The highest BCUT2D eigenvalue weighted by atomic mass is 16.2. The zero-order valence-electron chi connectivity index (χ0n) is 18.2. The molecule has 160 valence electrons. The number of amides is 1. The lowest BCUT2D eigenvalue weighted by Crippen LogP contribution is -2.48. The summed E-state index contributed by atoms with van der Waals surface area (Å²) in [4.78, 5) is 18.1. The molecule has 1 amide bonds. The molecule has 0 saturated carbocycles. The summed E-state index contributed by atoms with van der Waals surface area (Å²) < 4.78 is 0. The van der Waals surface area contributed by atoms with Gasteiger partial charge in [0, 0.05) is 43.7 Å². The number of hydrogen-bond acceptors (Lipinski definition) is 4. The Morgan fingerprint density at radius 3 is 2.25 bits per heavy atom. The van der Waals surface area contributed by atoms with Crippen LogP contribution in [0.3, 0.4) is 0 Å². The molecule has 3 aromatic carbocycles. The predicted molar refractivity (Wildman–Crippen MR) is 127 cm³/mol. The third kappa shape index (κ3) is 4.12. The Morgan fingerprint density at radius 1 is 0.812 bits per heavy atom. The molecule has 5 rings (SSSR count). The lowest BCUT2D eigenvalue weighted by atomic mass is 9.99. The van der Waals surface area contributed by atoms with E-state index in [1.165, 1.54) is 11.1 Å². The van der Waals surface area contributed by atoms with Crippen molar-refractivity contribution in [2.75, 3.05) is 26.2 Å². The molecular weight excluding hydrogens is 396 g/mol. The van der Waals surface area contributed by atoms with Crippen LogP contribution in [0.2, 0.25) is 0 Å². The van der Waals surface area contributed by atoms with E-state index in [0.29, 0.717) is 24.3 Å². The van der Waals surface area contributed by atoms with E-state index in [4.69, 9.17) is 0 Å². The standard InChI is InChI=1S/C27H26N4O/c1-20-11-13-22(14-12-20)26-25(23-9-5-6-10-24(23)28-29-26)27(32)31-17-15-30(16-18-31)19-21-7-3-2-4-8-21/h2-14H,15-19H2,1H3. The number of benzene rings is 3. The second kappa shape index (κ2) is 8.89. The maximum absolute atomic E-state index is 13.8. The van der Waals surface area contributed by atoms with Crippen LogP contribution in [-0.2, 0) is 6.54 Å². The van der Waals surface area contributed by atoms with E-state index in [0.717, 1.165) is 36.1 Å². The molecule has 0 bridgehead atoms. The molecule has 5 nitrogen and oxygen atoms in total. The molecule has 1 aromatic heterocycles. The summed E-state index contributed by atoms with van der Waals surface area (Å²) >= 11 is 0. The smallest absolute Gasteiger partial charge is 0.256 e. The van der Waals surface area contributed by atoms with Crippen LogP contribution < -0.4 is 0 Å². The first-order chi connectivity index (χ1) is 15.7. The largest absolute Gasteiger partial charge is 0.336 e. The van der Waals surface area contributed by atoms with Gasteiger partial charge in [-0.15, -0.1) is 10.2 Å². The predicted octanol–water partition coefficient (Wildman–Crippen LogP) is 4.56. The third-order valence-corrected chi connectivity index (χ3v) is 6.12. The molecule has 4 aromatic rings. The van der Waals surface area contributed by atoms with Gasteiger partial charge in [-0.3, -0.25) is 9.69 Å². The number of piperazine rings is 1. The fourth-order valence-corrected chi connectivity index (χ4v) is 4.29. The third-order valence-electron chi connectivity index (χ3n) is 6.12. The molecule has 5 heteroatoms. The summed E-state index contributed by atoms with van der Waals surface area (Å²) in [6, 6.07) is 26.4. The molecule has 1 aliphatic rings. The Bertz CT molecular complexity index is 1230. The zero-order valence-corrected chi connectivity index (χ0v) is 18.2. The summed E-state index contributed by atoms with van der Waals surface area (Å²) in [5.41, 5.74) is 5.44. The van der Waals surface area contributed by atoms with Gasteiger partial charge in [0.15, 0.2) is 0 Å². The van der Waals surface area contributed by atoms with Crippen LogP contribution in [0.4, 0.5) is 0 Å². The minimum absolute atomic E-state index is 0.0334. The topological polar surface area (TPSA) is 49.3 Å². The maximum atomic E-state index is 13.8. The quantitative estimate of drug-likeness (QED) is 0.484. The van der Waals surface area contributed by atoms with E-state index in [2.05, 4.69) is 46.3 Å². The number of carbonyl (C=O) groups excluding carboxylic acids is 1. The number of aryl methyl sites for hydroxylation is 1. The van der Waals surface area contributed by atoms with E-state index >= 15 is 0 Å². The highest BCUT2D eigenvalue weighted by Gasteiger charge is 2.27. The summed E-state index contributed by atoms with van der Waals surface area (Å²) in [7, 11) is 0. The van der Waals surface area contributed by atoms with Crippen molar-refractivity contribution in [2.24, 2.45) is 0 Å². The van der Waals surface area contributed by atoms with Crippen molar-refractivity contribution in [3.8, 4) is 11.3 Å². The van der Waals surface area contributed by atoms with Crippen LogP contribution in [-0.4, -0.2) is 52.1 Å². The molecule has 0 atom stereocenters. The number of aromatic nitrogens is 2. The fourth-order valence-electron chi connectivity index (χ4n) is 4.29. The van der Waals surface area contributed by atoms with Crippen LogP contribution >= 0.6 is 0 Å². The van der Waals surface area contributed by atoms with Crippen LogP contribution in [0.25, 0.3) is 22.2 Å². The minimum Gasteiger partial charge on any atom is -0.336 e. The SMILES string of the molecule is Cc1ccc(-c2nnc3ccccc3c2C(=O)N2CCN(Cc3ccccc3)CC2)cc1. The van der Waals surface area contributed by atoms with E-state index < -0.39 is 0 Å². The number of rotatable bonds is 4. The summed E-state index contributed by atoms with van der Waals surface area (Å²) in [5.74, 6) is 0.0334. The first-order valence-corrected chi connectivity index (χ1v) is 11.1. The van der Waals surface area contributed by atoms with Crippen molar-refractivity contribution in [1.29, 1.82) is 0 Å². The second-order valence-electron chi connectivity index (χ2n) is 8.36. The van der Waals surface area contributed by atoms with Crippen molar-refractivity contribution in [3.05, 3.63) is 95.6 Å². The zero-order chi connectivity index (χ0) is 21.9. The first kappa shape index (κ1) is 20.3. The van der Waals surface area contributed by atoms with Crippen molar-refractivity contribution < 1.29 is 4.79 Å². The van der Waals surface area contributed by atoms with Gasteiger partial charge >= 0.3 is 0 Å². The number of nitrogens with zero attached hydrogens (tertiary/aromatic N) is 4. The van der Waals surface area contributed by atoms with Gasteiger partial charge in [-0.05, 0) is 18.6 Å². The monoisotopic (exact) mass is 422 g/mol. The van der Waals surface area contributed by atoms with Gasteiger partial charge in [0.25, 0.3) is 5.91 Å². The summed E-state index contributed by atoms with van der Waals surface area (Å²) in [6.45, 7) is 6.09. The van der Waals surface area contributed by atoms with E-state index in [-0.39, 0.29) is 5.91 Å². The number of hydrogen-bond donors (Lipinski definition) is 0. The average molecular weight is 423 g/mol. The minimum atomic E-state index is 0.0334. The van der Waals surface area contributed by atoms with Crippen LogP contribution in [0, 0.1) is 6.92 Å². The van der Waals surface area contributed by atoms with Gasteiger partial charge in [-0.25, -0.2) is 0 Å². The first-order valence-electron chi connectivity index (χ1n) is 11.1. The molecule has 1 saturated heterocycles. The van der Waals surface area contributed by atoms with Gasteiger partial charge in [0.2, 0.25) is 0 Å². The Kier molecular flexibility index (Phi) is 5.65. The average Bonchev–Trinajstić information content (AvgIpc) is 2.84. The molecule has 1 fully saturated rings. The normalized spacial score (nSPS) is 14.6. The van der Waals surface area contributed by atoms with Crippen LogP contribution in [0.1, 0.15) is 21.5 Å². The molecule has 32 heavy (non-hydrogen) atoms. The van der Waals surface area contributed by atoms with Gasteiger partial charge in [-0.2, -0.15) is 0 Å². The van der Waals surface area contributed by atoms with E-state index in [1.54, 1.807) is 0 Å². The molecule has 2 heterocycles. The Morgan fingerprint density at radius 2 is 1.50 bits per heavy atom. The van der Waals surface area contributed by atoms with Crippen molar-refractivity contribution in [3.63, 3.8) is 0 Å². The van der Waals surface area contributed by atoms with Gasteiger partial charge in [-0.1, -0.05) is 78.4 Å². The Balaban J connectivity index is 1.43. The van der Waals surface area contributed by atoms with E-state index in [9.17, 15) is 4.79 Å². The lowest BCUT2D eigenvalue weighted by molar-refractivity contribution is 0.0630. The fraction of sp³-hybridized carbons (Fsp3) is 0.222. The molecule has 0 spiro atoms. The van der Waals surface area contributed by atoms with Crippen molar-refractivity contribution in [1.82, 2.24) is 20.0 Å². The van der Waals surface area contributed by atoms with Gasteiger partial charge < -0.3 is 4.90 Å². The van der Waals surface area contributed by atoms with Crippen LogP contribution in [0.15, 0.2) is 78.9 Å². The van der Waals surface area contributed by atoms with Gasteiger partial charge in [0.05, 0.1) is 11.1 Å². The van der Waals surface area contributed by atoms with Gasteiger partial charge in [0.1, 0.15) is 5.69 Å². The molecule has 0 radical (unpaired) electrons. The highest BCUT2D eigenvalue weighted by molar-refractivity contribution is 6.10. The molecule has 0 unspecified atom stereocenters. The molecule has 0 N–H and O–H groups in total. The molecule has 0 aliphatic carbocycles.